The number of hydrogen-bond acceptors (Lipinski definition) is 5. The molecule has 0 radical (unpaired) electrons. The smallest absolute Gasteiger partial charge is 0.416 e. The number of benzene rings is 1. The van der Waals surface area contributed by atoms with Crippen molar-refractivity contribution in [2.75, 3.05) is 32.5 Å². The summed E-state index contributed by atoms with van der Waals surface area (Å²) < 4.78 is 44.1. The van der Waals surface area contributed by atoms with Crippen molar-refractivity contribution in [3.8, 4) is 17.0 Å². The van der Waals surface area contributed by atoms with Crippen molar-refractivity contribution in [3.05, 3.63) is 60.3 Å². The van der Waals surface area contributed by atoms with E-state index in [1.165, 1.54) is 12.2 Å². The molecule has 1 unspecified atom stereocenters. The Bertz CT molecular complexity index is 1070. The molecule has 0 saturated carbocycles. The highest BCUT2D eigenvalue weighted by Crippen LogP contribution is 2.46. The van der Waals surface area contributed by atoms with Crippen molar-refractivity contribution in [2.24, 2.45) is 17.3 Å². The third-order valence-corrected chi connectivity index (χ3v) is 8.31. The van der Waals surface area contributed by atoms with Gasteiger partial charge in [0.25, 0.3) is 0 Å². The molecular weight excluding hydrogens is 471 g/mol. The van der Waals surface area contributed by atoms with Crippen LogP contribution in [0.5, 0.6) is 5.75 Å². The first kappa shape index (κ1) is 25.8. The molecule has 0 amide bonds. The molecule has 2 aliphatic rings. The Kier molecular flexibility index (Phi) is 7.91. The second-order valence-corrected chi connectivity index (χ2v) is 10.7. The molecule has 1 aromatic heterocycles. The Morgan fingerprint density at radius 1 is 1.20 bits per heavy atom. The van der Waals surface area contributed by atoms with Crippen molar-refractivity contribution in [1.29, 1.82) is 0 Å². The lowest BCUT2D eigenvalue weighted by molar-refractivity contribution is -0.0889. The lowest BCUT2D eigenvalue weighted by atomic mass is 9.68. The molecule has 0 spiro atoms. The first-order valence-electron chi connectivity index (χ1n) is 12.0. The lowest BCUT2D eigenvalue weighted by Crippen LogP contribution is -2.35. The van der Waals surface area contributed by atoms with Crippen LogP contribution in [0.15, 0.2) is 65.5 Å². The SMILES string of the molecule is COc1ccc(-c2ccnc(SCCCN3C[C@H](C)[C@@](C)(C4C=CC(C(F)(F)F)=CC4)C3)n2)cc1. The van der Waals surface area contributed by atoms with Crippen molar-refractivity contribution in [3.63, 3.8) is 0 Å². The van der Waals surface area contributed by atoms with Gasteiger partial charge in [-0.3, -0.25) is 0 Å². The van der Waals surface area contributed by atoms with Crippen LogP contribution in [0.25, 0.3) is 11.3 Å². The van der Waals surface area contributed by atoms with E-state index in [0.29, 0.717) is 12.3 Å². The minimum absolute atomic E-state index is 0.0208. The van der Waals surface area contributed by atoms with Crippen LogP contribution in [0.3, 0.4) is 0 Å². The summed E-state index contributed by atoms with van der Waals surface area (Å²) in [4.78, 5) is 11.6. The van der Waals surface area contributed by atoms with Gasteiger partial charge in [-0.2, -0.15) is 13.2 Å². The van der Waals surface area contributed by atoms with Crippen LogP contribution >= 0.6 is 11.8 Å². The lowest BCUT2D eigenvalue weighted by Gasteiger charge is -2.37. The van der Waals surface area contributed by atoms with E-state index in [4.69, 9.17) is 9.72 Å². The summed E-state index contributed by atoms with van der Waals surface area (Å²) in [6.45, 7) is 7.30. The van der Waals surface area contributed by atoms with Gasteiger partial charge in [0.1, 0.15) is 5.75 Å². The topological polar surface area (TPSA) is 38.2 Å². The zero-order valence-electron chi connectivity index (χ0n) is 20.4. The quantitative estimate of drug-likeness (QED) is 0.229. The number of likely N-dealkylation sites (tertiary alicyclic amines) is 1. The van der Waals surface area contributed by atoms with Gasteiger partial charge in [0.15, 0.2) is 5.16 Å². The summed E-state index contributed by atoms with van der Waals surface area (Å²) in [7, 11) is 1.65. The summed E-state index contributed by atoms with van der Waals surface area (Å²) >= 11 is 1.65. The number of hydrogen-bond donors (Lipinski definition) is 0. The Morgan fingerprint density at radius 2 is 1.97 bits per heavy atom. The number of nitrogens with zero attached hydrogens (tertiary/aromatic N) is 3. The standard InChI is InChI=1S/C27H32F3N3OS/c1-19-17-33(18-26(19,2)21-7-9-22(10-8-21)27(28,29)30)15-4-16-35-25-31-14-13-24(32-25)20-5-11-23(34-3)12-6-20/h5-7,9-14,19,21H,4,8,15-18H2,1-3H3/t19-,21?,26-/m0/s1. The number of halogens is 3. The second-order valence-electron chi connectivity index (χ2n) is 9.66. The monoisotopic (exact) mass is 503 g/mol. The Morgan fingerprint density at radius 3 is 2.63 bits per heavy atom. The molecular formula is C27H32F3N3OS. The minimum Gasteiger partial charge on any atom is -0.497 e. The van der Waals surface area contributed by atoms with Gasteiger partial charge in [0, 0.05) is 30.6 Å². The molecule has 8 heteroatoms. The number of ether oxygens (including phenoxy) is 1. The maximum absolute atomic E-state index is 13.0. The van der Waals surface area contributed by atoms with E-state index in [2.05, 4.69) is 23.7 Å². The first-order chi connectivity index (χ1) is 16.7. The van der Waals surface area contributed by atoms with Crippen LogP contribution in [-0.4, -0.2) is 53.5 Å². The predicted molar refractivity (Wildman–Crippen MR) is 134 cm³/mol. The first-order valence-corrected chi connectivity index (χ1v) is 13.0. The fraction of sp³-hybridized carbons (Fsp3) is 0.481. The van der Waals surface area contributed by atoms with Crippen LogP contribution in [0.4, 0.5) is 13.2 Å². The zero-order valence-corrected chi connectivity index (χ0v) is 21.2. The fourth-order valence-corrected chi connectivity index (χ4v) is 5.81. The fourth-order valence-electron chi connectivity index (χ4n) is 5.06. The number of alkyl halides is 3. The van der Waals surface area contributed by atoms with E-state index in [9.17, 15) is 13.2 Å². The van der Waals surface area contributed by atoms with Crippen LogP contribution in [0.1, 0.15) is 26.7 Å². The van der Waals surface area contributed by atoms with Gasteiger partial charge in [-0.15, -0.1) is 0 Å². The number of thioether (sulfide) groups is 1. The van der Waals surface area contributed by atoms with Gasteiger partial charge in [-0.25, -0.2) is 9.97 Å². The molecule has 1 aromatic carbocycles. The van der Waals surface area contributed by atoms with Crippen molar-refractivity contribution in [1.82, 2.24) is 14.9 Å². The molecule has 2 heterocycles. The van der Waals surface area contributed by atoms with Crippen molar-refractivity contribution < 1.29 is 17.9 Å². The van der Waals surface area contributed by atoms with Crippen LogP contribution in [0, 0.1) is 17.3 Å². The number of allylic oxidation sites excluding steroid dienone is 4. The van der Waals surface area contributed by atoms with E-state index in [-0.39, 0.29) is 11.3 Å². The Labute approximate surface area is 209 Å². The van der Waals surface area contributed by atoms with Gasteiger partial charge in [-0.1, -0.05) is 43.8 Å². The Hall–Kier alpha value is -2.32. The van der Waals surface area contributed by atoms with Gasteiger partial charge in [0.2, 0.25) is 0 Å². The highest BCUT2D eigenvalue weighted by atomic mass is 32.2. The number of rotatable bonds is 8. The normalized spacial score (nSPS) is 25.0. The summed E-state index contributed by atoms with van der Waals surface area (Å²) in [6.07, 6.45) is 3.41. The third kappa shape index (κ3) is 6.09. The molecule has 0 bridgehead atoms. The molecule has 3 atom stereocenters. The molecule has 4 rings (SSSR count). The van der Waals surface area contributed by atoms with E-state index < -0.39 is 11.7 Å². The third-order valence-electron chi connectivity index (χ3n) is 7.37. The van der Waals surface area contributed by atoms with Gasteiger partial charge < -0.3 is 9.64 Å². The molecule has 188 valence electrons. The van der Waals surface area contributed by atoms with E-state index in [0.717, 1.165) is 54.0 Å². The highest BCUT2D eigenvalue weighted by Gasteiger charge is 2.45. The highest BCUT2D eigenvalue weighted by molar-refractivity contribution is 7.99. The molecule has 0 N–H and O–H groups in total. The molecule has 2 aromatic rings. The summed E-state index contributed by atoms with van der Waals surface area (Å²) in [5, 5.41) is 0.762. The van der Waals surface area contributed by atoms with E-state index in [1.807, 2.05) is 30.3 Å². The van der Waals surface area contributed by atoms with Crippen LogP contribution in [-0.2, 0) is 0 Å². The predicted octanol–water partition coefficient (Wildman–Crippen LogP) is 6.66. The van der Waals surface area contributed by atoms with Gasteiger partial charge in [-0.05, 0) is 67.0 Å². The van der Waals surface area contributed by atoms with E-state index in [1.54, 1.807) is 31.1 Å². The summed E-state index contributed by atoms with van der Waals surface area (Å²) in [5.41, 5.74) is 1.37. The van der Waals surface area contributed by atoms with E-state index >= 15 is 0 Å². The van der Waals surface area contributed by atoms with Crippen molar-refractivity contribution in [2.45, 2.75) is 38.0 Å². The molecule has 1 aliphatic carbocycles. The van der Waals surface area contributed by atoms with Crippen LogP contribution in [0.2, 0.25) is 0 Å². The molecule has 4 nitrogen and oxygen atoms in total. The average Bonchev–Trinajstić information content (AvgIpc) is 3.16. The zero-order chi connectivity index (χ0) is 25.1. The molecule has 1 saturated heterocycles. The van der Waals surface area contributed by atoms with Gasteiger partial charge >= 0.3 is 6.18 Å². The maximum Gasteiger partial charge on any atom is 0.416 e. The second kappa shape index (κ2) is 10.7. The molecule has 1 fully saturated rings. The van der Waals surface area contributed by atoms with Crippen LogP contribution < -0.4 is 4.74 Å². The Balaban J connectivity index is 1.26. The minimum atomic E-state index is -4.26. The van der Waals surface area contributed by atoms with Gasteiger partial charge in [0.05, 0.1) is 18.4 Å². The number of methoxy groups -OCH3 is 1. The molecule has 35 heavy (non-hydrogen) atoms. The summed E-state index contributed by atoms with van der Waals surface area (Å²) in [5.74, 6) is 2.29. The maximum atomic E-state index is 13.0. The molecule has 1 aliphatic heterocycles. The number of aromatic nitrogens is 2. The average molecular weight is 504 g/mol. The van der Waals surface area contributed by atoms with Crippen molar-refractivity contribution >= 4 is 11.8 Å². The summed E-state index contributed by atoms with van der Waals surface area (Å²) in [6, 6.07) is 9.73. The largest absolute Gasteiger partial charge is 0.497 e.